The Labute approximate surface area is 129 Å². The summed E-state index contributed by atoms with van der Waals surface area (Å²) in [5.41, 5.74) is 0. The van der Waals surface area contributed by atoms with Crippen molar-refractivity contribution in [3.05, 3.63) is 0 Å². The first kappa shape index (κ1) is 24.8. The predicted octanol–water partition coefficient (Wildman–Crippen LogP) is -9.71. The van der Waals surface area contributed by atoms with Gasteiger partial charge in [-0.3, -0.25) is 9.26 Å². The molecule has 0 bridgehead atoms. The maximum absolute atomic E-state index is 10.2. The number of carboxylic acid groups (broad SMARTS) is 2. The van der Waals surface area contributed by atoms with Crippen molar-refractivity contribution in [2.24, 2.45) is 0 Å². The molecular formula is C4H5FNa2O7S. The summed E-state index contributed by atoms with van der Waals surface area (Å²) in [6, 6.07) is 0. The zero-order valence-corrected chi connectivity index (χ0v) is 12.8. The fourth-order valence-corrected chi connectivity index (χ4v) is 1.05. The Morgan fingerprint density at radius 1 is 1.20 bits per heavy atom. The van der Waals surface area contributed by atoms with Crippen molar-refractivity contribution in [1.82, 2.24) is 0 Å². The van der Waals surface area contributed by atoms with E-state index in [9.17, 15) is 28.2 Å². The Morgan fingerprint density at radius 3 is 1.60 bits per heavy atom. The zero-order valence-electron chi connectivity index (χ0n) is 8.00. The molecule has 0 aromatic rings. The van der Waals surface area contributed by atoms with Crippen LogP contribution in [0.1, 0.15) is 6.42 Å². The van der Waals surface area contributed by atoms with E-state index in [0.29, 0.717) is 0 Å². The van der Waals surface area contributed by atoms with Gasteiger partial charge in [-0.2, -0.15) is 8.42 Å². The number of carboxylic acids is 2. The van der Waals surface area contributed by atoms with Crippen LogP contribution in [0, 0.1) is 0 Å². The predicted molar refractivity (Wildman–Crippen MR) is 32.5 cm³/mol. The largest absolute Gasteiger partial charge is 1.00 e. The summed E-state index contributed by atoms with van der Waals surface area (Å²) in [7, 11) is -4.94. The van der Waals surface area contributed by atoms with E-state index in [1.165, 1.54) is 0 Å². The molecule has 0 rings (SSSR count). The van der Waals surface area contributed by atoms with Crippen LogP contribution in [-0.2, 0) is 19.7 Å². The van der Waals surface area contributed by atoms with Gasteiger partial charge in [-0.1, -0.05) is 0 Å². The minimum Gasteiger partial charge on any atom is -0.550 e. The second-order valence-electron chi connectivity index (χ2n) is 1.90. The smallest absolute Gasteiger partial charge is 0.550 e. The molecule has 0 saturated heterocycles. The molecule has 78 valence electrons. The van der Waals surface area contributed by atoms with Gasteiger partial charge in [0.15, 0.2) is 0 Å². The van der Waals surface area contributed by atoms with Crippen molar-refractivity contribution in [2.75, 3.05) is 0 Å². The summed E-state index contributed by atoms with van der Waals surface area (Å²) in [6.07, 6.45) is -1.33. The average molecular weight is 262 g/mol. The molecule has 0 aliphatic carbocycles. The van der Waals surface area contributed by atoms with E-state index in [2.05, 4.69) is 0 Å². The van der Waals surface area contributed by atoms with Gasteiger partial charge < -0.3 is 19.8 Å². The molecule has 0 aliphatic heterocycles. The van der Waals surface area contributed by atoms with Crippen LogP contribution in [0.3, 0.4) is 0 Å². The standard InChI is InChI=1S/C4H6O7S.FH.2Na/c5-3(6)1-2(4(7)8)12(9,10)11;;;/h2H,1H2,(H,5,6)(H,7,8)(H,9,10,11);1H;;/q;;2*+1/p-2. The van der Waals surface area contributed by atoms with Gasteiger partial charge in [0.1, 0.15) is 5.25 Å². The summed E-state index contributed by atoms with van der Waals surface area (Å²) in [6.45, 7) is 0. The van der Waals surface area contributed by atoms with Crippen LogP contribution in [0.5, 0.6) is 0 Å². The van der Waals surface area contributed by atoms with E-state index in [0.717, 1.165) is 0 Å². The molecule has 1 atom stereocenters. The maximum Gasteiger partial charge on any atom is 1.00 e. The van der Waals surface area contributed by atoms with Gasteiger partial charge in [-0.05, 0) is 0 Å². The van der Waals surface area contributed by atoms with Crippen LogP contribution in [-0.4, -0.2) is 30.2 Å². The van der Waals surface area contributed by atoms with Crippen LogP contribution in [0.25, 0.3) is 0 Å². The van der Waals surface area contributed by atoms with E-state index >= 15 is 0 Å². The van der Waals surface area contributed by atoms with E-state index in [4.69, 9.17) is 4.55 Å². The van der Waals surface area contributed by atoms with Gasteiger partial charge in [-0.15, -0.1) is 0 Å². The fraction of sp³-hybridized carbons (Fsp3) is 0.500. The molecule has 0 saturated carbocycles. The number of aliphatic carboxylic acids is 2. The Balaban J connectivity index is -0.000000202. The number of rotatable bonds is 4. The Bertz CT molecular complexity index is 302. The van der Waals surface area contributed by atoms with Gasteiger partial charge in [0.2, 0.25) is 0 Å². The molecule has 1 N–H and O–H groups in total. The first-order chi connectivity index (χ1) is 5.25. The molecule has 11 heteroatoms. The molecule has 15 heavy (non-hydrogen) atoms. The molecule has 0 aliphatic rings. The monoisotopic (exact) mass is 262 g/mol. The summed E-state index contributed by atoms with van der Waals surface area (Å²) in [4.78, 5) is 19.7. The fourth-order valence-electron chi connectivity index (χ4n) is 0.462. The maximum atomic E-state index is 10.2. The van der Waals surface area contributed by atoms with E-state index in [1.807, 2.05) is 0 Å². The normalized spacial score (nSPS) is 11.0. The molecule has 1 unspecified atom stereocenters. The molecule has 0 amide bonds. The topological polar surface area (TPSA) is 135 Å². The Kier molecular flexibility index (Phi) is 16.5. The zero-order chi connectivity index (χ0) is 9.94. The van der Waals surface area contributed by atoms with E-state index < -0.39 is 33.7 Å². The van der Waals surface area contributed by atoms with Crippen molar-refractivity contribution in [1.29, 1.82) is 0 Å². The number of hydrogen-bond acceptors (Lipinski definition) is 6. The summed E-state index contributed by atoms with van der Waals surface area (Å²) in [5.74, 6) is -4.08. The van der Waals surface area contributed by atoms with Crippen molar-refractivity contribution < 1.29 is 96.6 Å². The molecular weight excluding hydrogens is 257 g/mol. The van der Waals surface area contributed by atoms with Crippen LogP contribution in [0.4, 0.5) is 4.70 Å². The number of hydrogen-bond donors (Lipinski definition) is 1. The molecule has 0 fully saturated rings. The second kappa shape index (κ2) is 9.97. The summed E-state index contributed by atoms with van der Waals surface area (Å²) >= 11 is 0. The first-order valence-electron chi connectivity index (χ1n) is 2.62. The van der Waals surface area contributed by atoms with Crippen molar-refractivity contribution in [2.45, 2.75) is 11.7 Å². The third kappa shape index (κ3) is 11.1. The third-order valence-electron chi connectivity index (χ3n) is 0.975. The van der Waals surface area contributed by atoms with Crippen molar-refractivity contribution >= 4 is 22.1 Å². The molecule has 0 radical (unpaired) electrons. The molecule has 0 heterocycles. The first-order valence-corrected chi connectivity index (χ1v) is 4.12. The van der Waals surface area contributed by atoms with Gasteiger partial charge in [0.05, 0.1) is 5.97 Å². The van der Waals surface area contributed by atoms with Gasteiger partial charge in [-0.25, -0.2) is 0 Å². The minimum atomic E-state index is -4.94. The SMILES string of the molecule is F.O=C([O-])CC(C(=O)[O-])S(=O)(=O)O.[Na+].[Na+]. The quantitative estimate of drug-likeness (QED) is 0.392. The summed E-state index contributed by atoms with van der Waals surface area (Å²) < 4.78 is 28.5. The van der Waals surface area contributed by atoms with Crippen LogP contribution >= 0.6 is 0 Å². The molecule has 0 aromatic heterocycles. The number of halogens is 1. The van der Waals surface area contributed by atoms with E-state index in [-0.39, 0.29) is 63.8 Å². The van der Waals surface area contributed by atoms with Crippen LogP contribution in [0.15, 0.2) is 0 Å². The Hall–Kier alpha value is 0.780. The summed E-state index contributed by atoms with van der Waals surface area (Å²) in [5, 5.41) is 17.3. The van der Waals surface area contributed by atoms with Crippen molar-refractivity contribution in [3.63, 3.8) is 0 Å². The van der Waals surface area contributed by atoms with Gasteiger partial charge in [0, 0.05) is 12.4 Å². The van der Waals surface area contributed by atoms with Crippen LogP contribution < -0.4 is 69.3 Å². The third-order valence-corrected chi connectivity index (χ3v) is 2.05. The second-order valence-corrected chi connectivity index (χ2v) is 3.50. The average Bonchev–Trinajstić information content (AvgIpc) is 1.79. The van der Waals surface area contributed by atoms with Crippen molar-refractivity contribution in [3.8, 4) is 0 Å². The molecule has 0 spiro atoms. The Morgan fingerprint density at radius 2 is 1.53 bits per heavy atom. The van der Waals surface area contributed by atoms with Crippen LogP contribution in [0.2, 0.25) is 0 Å². The molecule has 7 nitrogen and oxygen atoms in total. The molecule has 0 aromatic carbocycles. The number of carbonyl (C=O) groups excluding carboxylic acids is 2. The van der Waals surface area contributed by atoms with E-state index in [1.54, 1.807) is 0 Å². The van der Waals surface area contributed by atoms with Gasteiger partial charge in [0.25, 0.3) is 10.1 Å². The minimum absolute atomic E-state index is 0. The number of carbonyl (C=O) groups is 2. The van der Waals surface area contributed by atoms with Gasteiger partial charge >= 0.3 is 59.1 Å².